The molecule has 2 rings (SSSR count). The van der Waals surface area contributed by atoms with E-state index in [1.54, 1.807) is 6.20 Å². The molecule has 1 aliphatic heterocycles. The van der Waals surface area contributed by atoms with Gasteiger partial charge >= 0.3 is 0 Å². The lowest BCUT2D eigenvalue weighted by Crippen LogP contribution is -2.33. The van der Waals surface area contributed by atoms with Crippen LogP contribution in [0.1, 0.15) is 18.4 Å². The topological polar surface area (TPSA) is 81.5 Å². The van der Waals surface area contributed by atoms with Crippen molar-refractivity contribution in [2.45, 2.75) is 25.8 Å². The molecule has 0 saturated carbocycles. The van der Waals surface area contributed by atoms with Crippen LogP contribution < -0.4 is 10.2 Å². The van der Waals surface area contributed by atoms with Crippen LogP contribution >= 0.6 is 0 Å². The van der Waals surface area contributed by atoms with E-state index in [0.717, 1.165) is 30.8 Å². The van der Waals surface area contributed by atoms with Gasteiger partial charge in [0.15, 0.2) is 0 Å². The molecule has 0 aliphatic carbocycles. The van der Waals surface area contributed by atoms with Crippen molar-refractivity contribution < 1.29 is 10.2 Å². The zero-order valence-corrected chi connectivity index (χ0v) is 10.6. The van der Waals surface area contributed by atoms with E-state index in [4.69, 9.17) is 5.11 Å². The van der Waals surface area contributed by atoms with Crippen molar-refractivity contribution in [2.24, 2.45) is 0 Å². The van der Waals surface area contributed by atoms with Gasteiger partial charge in [0, 0.05) is 24.8 Å². The molecule has 3 N–H and O–H groups in total. The summed E-state index contributed by atoms with van der Waals surface area (Å²) in [7, 11) is 0. The predicted molar refractivity (Wildman–Crippen MR) is 69.8 cm³/mol. The Hall–Kier alpha value is -1.40. The highest BCUT2D eigenvalue weighted by atomic mass is 16.3. The van der Waals surface area contributed by atoms with Gasteiger partial charge in [0.25, 0.3) is 0 Å². The Labute approximate surface area is 107 Å². The summed E-state index contributed by atoms with van der Waals surface area (Å²) in [6, 6.07) is 0.124. The Bertz CT molecular complexity index is 400. The summed E-state index contributed by atoms with van der Waals surface area (Å²) in [5, 5.41) is 21.2. The van der Waals surface area contributed by atoms with Crippen LogP contribution in [0.15, 0.2) is 6.20 Å². The van der Waals surface area contributed by atoms with E-state index < -0.39 is 0 Å². The molecule has 1 atom stereocenters. The molecular weight excluding hydrogens is 232 g/mol. The number of nitrogens with one attached hydrogen (secondary N) is 1. The SMILES string of the molecule is Cc1cnc(N2CCCC2CO)nc1NCCO. The zero-order valence-electron chi connectivity index (χ0n) is 10.6. The van der Waals surface area contributed by atoms with Crippen LogP contribution in [-0.2, 0) is 0 Å². The summed E-state index contributed by atoms with van der Waals surface area (Å²) in [6.07, 6.45) is 3.81. The molecule has 0 radical (unpaired) electrons. The molecule has 0 spiro atoms. The normalized spacial score (nSPS) is 19.3. The molecule has 18 heavy (non-hydrogen) atoms. The van der Waals surface area contributed by atoms with Crippen LogP contribution in [0.4, 0.5) is 11.8 Å². The molecule has 1 saturated heterocycles. The monoisotopic (exact) mass is 252 g/mol. The molecule has 0 bridgehead atoms. The first-order chi connectivity index (χ1) is 8.76. The number of hydrogen-bond acceptors (Lipinski definition) is 6. The molecule has 0 amide bonds. The fourth-order valence-corrected chi connectivity index (χ4v) is 2.21. The third-order valence-electron chi connectivity index (χ3n) is 3.21. The van der Waals surface area contributed by atoms with Gasteiger partial charge in [-0.2, -0.15) is 4.98 Å². The number of anilines is 2. The fraction of sp³-hybridized carbons (Fsp3) is 0.667. The third-order valence-corrected chi connectivity index (χ3v) is 3.21. The summed E-state index contributed by atoms with van der Waals surface area (Å²) in [4.78, 5) is 10.8. The van der Waals surface area contributed by atoms with Crippen molar-refractivity contribution in [3.63, 3.8) is 0 Å². The quantitative estimate of drug-likeness (QED) is 0.692. The lowest BCUT2D eigenvalue weighted by atomic mass is 10.2. The summed E-state index contributed by atoms with van der Waals surface area (Å²) >= 11 is 0. The first-order valence-electron chi connectivity index (χ1n) is 6.32. The Balaban J connectivity index is 2.17. The maximum Gasteiger partial charge on any atom is 0.227 e. The highest BCUT2D eigenvalue weighted by Gasteiger charge is 2.26. The summed E-state index contributed by atoms with van der Waals surface area (Å²) in [6.45, 7) is 3.49. The molecule has 100 valence electrons. The van der Waals surface area contributed by atoms with E-state index in [0.29, 0.717) is 12.5 Å². The smallest absolute Gasteiger partial charge is 0.227 e. The second-order valence-electron chi connectivity index (χ2n) is 4.52. The summed E-state index contributed by atoms with van der Waals surface area (Å²) < 4.78 is 0. The van der Waals surface area contributed by atoms with E-state index in [2.05, 4.69) is 15.3 Å². The molecular formula is C12H20N4O2. The second kappa shape index (κ2) is 5.97. The highest BCUT2D eigenvalue weighted by molar-refractivity contribution is 5.48. The lowest BCUT2D eigenvalue weighted by molar-refractivity contribution is 0.265. The minimum Gasteiger partial charge on any atom is -0.395 e. The van der Waals surface area contributed by atoms with Crippen LogP contribution in [-0.4, -0.2) is 52.5 Å². The number of aryl methyl sites for hydroxylation is 1. The standard InChI is InChI=1S/C12H20N4O2/c1-9-7-14-12(15-11(9)13-4-6-17)16-5-2-3-10(16)8-18/h7,10,17-18H,2-6,8H2,1H3,(H,13,14,15). The van der Waals surface area contributed by atoms with Crippen molar-refractivity contribution in [1.82, 2.24) is 9.97 Å². The zero-order chi connectivity index (χ0) is 13.0. The van der Waals surface area contributed by atoms with Crippen molar-refractivity contribution in [1.29, 1.82) is 0 Å². The Morgan fingerprint density at radius 1 is 1.50 bits per heavy atom. The number of hydrogen-bond donors (Lipinski definition) is 3. The summed E-state index contributed by atoms with van der Waals surface area (Å²) in [5.41, 5.74) is 0.951. The predicted octanol–water partition coefficient (Wildman–Crippen LogP) is 0.150. The molecule has 1 fully saturated rings. The van der Waals surface area contributed by atoms with Crippen molar-refractivity contribution in [3.05, 3.63) is 11.8 Å². The molecule has 1 aromatic heterocycles. The Morgan fingerprint density at radius 3 is 3.06 bits per heavy atom. The minimum atomic E-state index is 0.0712. The van der Waals surface area contributed by atoms with Crippen LogP contribution in [0.2, 0.25) is 0 Å². The van der Waals surface area contributed by atoms with E-state index in [1.165, 1.54) is 0 Å². The Kier molecular flexibility index (Phi) is 4.33. The molecule has 1 aromatic rings. The third kappa shape index (κ3) is 2.70. The van der Waals surface area contributed by atoms with Crippen LogP contribution in [0, 0.1) is 6.92 Å². The molecule has 6 heteroatoms. The van der Waals surface area contributed by atoms with Gasteiger partial charge in [-0.25, -0.2) is 4.98 Å². The van der Waals surface area contributed by atoms with E-state index in [9.17, 15) is 5.11 Å². The first kappa shape index (κ1) is 13.0. The van der Waals surface area contributed by atoms with E-state index in [1.807, 2.05) is 11.8 Å². The van der Waals surface area contributed by atoms with Crippen LogP contribution in [0.5, 0.6) is 0 Å². The number of rotatable bonds is 5. The van der Waals surface area contributed by atoms with Gasteiger partial charge < -0.3 is 20.4 Å². The lowest BCUT2D eigenvalue weighted by Gasteiger charge is -2.23. The van der Waals surface area contributed by atoms with Crippen molar-refractivity contribution in [3.8, 4) is 0 Å². The van der Waals surface area contributed by atoms with Crippen LogP contribution in [0.3, 0.4) is 0 Å². The molecule has 1 aliphatic rings. The maximum absolute atomic E-state index is 9.32. The van der Waals surface area contributed by atoms with Crippen LogP contribution in [0.25, 0.3) is 0 Å². The van der Waals surface area contributed by atoms with Gasteiger partial charge in [-0.1, -0.05) is 0 Å². The molecule has 2 heterocycles. The van der Waals surface area contributed by atoms with Crippen molar-refractivity contribution >= 4 is 11.8 Å². The average molecular weight is 252 g/mol. The molecule has 1 unspecified atom stereocenters. The minimum absolute atomic E-state index is 0.0712. The van der Waals surface area contributed by atoms with Gasteiger partial charge in [-0.15, -0.1) is 0 Å². The second-order valence-corrected chi connectivity index (χ2v) is 4.52. The number of aromatic nitrogens is 2. The van der Waals surface area contributed by atoms with E-state index >= 15 is 0 Å². The highest BCUT2D eigenvalue weighted by Crippen LogP contribution is 2.23. The molecule has 6 nitrogen and oxygen atoms in total. The average Bonchev–Trinajstić information content (AvgIpc) is 2.86. The number of aliphatic hydroxyl groups is 2. The first-order valence-corrected chi connectivity index (χ1v) is 6.32. The number of aliphatic hydroxyl groups excluding tert-OH is 2. The maximum atomic E-state index is 9.32. The van der Waals surface area contributed by atoms with Gasteiger partial charge in [-0.3, -0.25) is 0 Å². The number of nitrogens with zero attached hydrogens (tertiary/aromatic N) is 3. The van der Waals surface area contributed by atoms with Gasteiger partial charge in [0.05, 0.1) is 19.3 Å². The summed E-state index contributed by atoms with van der Waals surface area (Å²) in [5.74, 6) is 1.40. The van der Waals surface area contributed by atoms with Gasteiger partial charge in [0.2, 0.25) is 5.95 Å². The Morgan fingerprint density at radius 2 is 2.33 bits per heavy atom. The van der Waals surface area contributed by atoms with Gasteiger partial charge in [0.1, 0.15) is 5.82 Å². The largest absolute Gasteiger partial charge is 0.395 e. The fourth-order valence-electron chi connectivity index (χ4n) is 2.21. The van der Waals surface area contributed by atoms with E-state index in [-0.39, 0.29) is 19.3 Å². The van der Waals surface area contributed by atoms with Crippen molar-refractivity contribution in [2.75, 3.05) is 36.5 Å². The molecule has 0 aromatic carbocycles. The van der Waals surface area contributed by atoms with Gasteiger partial charge in [-0.05, 0) is 19.8 Å².